The number of aliphatic hydroxyl groups is 1. The van der Waals surface area contributed by atoms with Gasteiger partial charge < -0.3 is 5.11 Å². The van der Waals surface area contributed by atoms with E-state index in [1.807, 2.05) is 6.92 Å². The number of fused-ring (bicyclic) bond motifs is 5. The smallest absolute Gasteiger partial charge is 0.133 e. The molecule has 2 nitrogen and oxygen atoms in total. The molecule has 128 valence electrons. The topological polar surface area (TPSA) is 37.3 Å². The van der Waals surface area contributed by atoms with Crippen LogP contribution in [0.25, 0.3) is 0 Å². The number of aliphatic hydroxyl groups excluding tert-OH is 1. The number of allylic oxidation sites excluding steroid dienone is 1. The molecule has 23 heavy (non-hydrogen) atoms. The first-order chi connectivity index (χ1) is 10.9. The van der Waals surface area contributed by atoms with Crippen molar-refractivity contribution in [3.05, 3.63) is 11.6 Å². The molecule has 2 heteroatoms. The van der Waals surface area contributed by atoms with Gasteiger partial charge >= 0.3 is 0 Å². The van der Waals surface area contributed by atoms with Crippen molar-refractivity contribution in [3.8, 4) is 0 Å². The maximum absolute atomic E-state index is 12.2. The van der Waals surface area contributed by atoms with Crippen LogP contribution in [0.15, 0.2) is 11.6 Å². The lowest BCUT2D eigenvalue weighted by atomic mass is 9.47. The van der Waals surface area contributed by atoms with Crippen molar-refractivity contribution in [3.63, 3.8) is 0 Å². The van der Waals surface area contributed by atoms with Crippen LogP contribution in [0.3, 0.4) is 0 Å². The van der Waals surface area contributed by atoms with E-state index in [0.717, 1.165) is 43.4 Å². The van der Waals surface area contributed by atoms with Gasteiger partial charge in [-0.25, -0.2) is 0 Å². The van der Waals surface area contributed by atoms with Gasteiger partial charge in [0.25, 0.3) is 0 Å². The van der Waals surface area contributed by atoms with Crippen LogP contribution in [0.4, 0.5) is 0 Å². The summed E-state index contributed by atoms with van der Waals surface area (Å²) in [6.45, 7) is 6.70. The minimum Gasteiger partial charge on any atom is -0.393 e. The predicted octanol–water partition coefficient (Wildman–Crippen LogP) is 4.52. The van der Waals surface area contributed by atoms with Crippen LogP contribution in [0.5, 0.6) is 0 Å². The summed E-state index contributed by atoms with van der Waals surface area (Å²) in [5.74, 6) is 3.00. The fourth-order valence-corrected chi connectivity index (χ4v) is 7.31. The first-order valence-electron chi connectivity index (χ1n) is 9.74. The summed E-state index contributed by atoms with van der Waals surface area (Å²) in [4.78, 5) is 12.2. The second-order valence-corrected chi connectivity index (χ2v) is 9.44. The van der Waals surface area contributed by atoms with Gasteiger partial charge in [0.2, 0.25) is 0 Å². The quantitative estimate of drug-likeness (QED) is 0.722. The van der Waals surface area contributed by atoms with Gasteiger partial charge in [-0.3, -0.25) is 4.79 Å². The molecule has 0 bridgehead atoms. The molecule has 0 heterocycles. The number of Topliss-reactive ketones (excluding diaryl/α,β-unsaturated/α-hetero) is 1. The molecule has 1 N–H and O–H groups in total. The number of hydrogen-bond donors (Lipinski definition) is 1. The van der Waals surface area contributed by atoms with Crippen LogP contribution in [-0.4, -0.2) is 17.0 Å². The summed E-state index contributed by atoms with van der Waals surface area (Å²) in [6, 6.07) is 0. The minimum absolute atomic E-state index is 0.117. The van der Waals surface area contributed by atoms with E-state index in [0.29, 0.717) is 17.1 Å². The Labute approximate surface area is 140 Å². The van der Waals surface area contributed by atoms with Gasteiger partial charge in [-0.15, -0.1) is 0 Å². The first-order valence-corrected chi connectivity index (χ1v) is 9.74. The molecular formula is C21H32O2. The van der Waals surface area contributed by atoms with Crippen molar-refractivity contribution >= 4 is 5.78 Å². The van der Waals surface area contributed by atoms with Gasteiger partial charge in [-0.1, -0.05) is 25.5 Å². The average molecular weight is 316 g/mol. The van der Waals surface area contributed by atoms with Crippen molar-refractivity contribution in [1.29, 1.82) is 0 Å². The third-order valence-corrected chi connectivity index (χ3v) is 8.57. The molecule has 4 rings (SSSR count). The molecule has 0 aliphatic heterocycles. The molecule has 3 saturated carbocycles. The Morgan fingerprint density at radius 2 is 1.91 bits per heavy atom. The largest absolute Gasteiger partial charge is 0.393 e. The Bertz CT molecular complexity index is 550. The molecule has 3 fully saturated rings. The second-order valence-electron chi connectivity index (χ2n) is 9.44. The molecule has 7 atom stereocenters. The molecule has 0 aromatic carbocycles. The Morgan fingerprint density at radius 3 is 2.65 bits per heavy atom. The van der Waals surface area contributed by atoms with Gasteiger partial charge in [-0.05, 0) is 86.9 Å². The Balaban J connectivity index is 1.66. The van der Waals surface area contributed by atoms with E-state index in [9.17, 15) is 9.90 Å². The molecule has 0 radical (unpaired) electrons. The summed E-state index contributed by atoms with van der Waals surface area (Å²) < 4.78 is 0. The highest BCUT2D eigenvalue weighted by Gasteiger charge is 2.59. The van der Waals surface area contributed by atoms with Crippen LogP contribution in [0.1, 0.15) is 72.1 Å². The van der Waals surface area contributed by atoms with Crippen molar-refractivity contribution in [2.75, 3.05) is 0 Å². The minimum atomic E-state index is -0.117. The van der Waals surface area contributed by atoms with E-state index >= 15 is 0 Å². The number of carbonyl (C=O) groups is 1. The van der Waals surface area contributed by atoms with Gasteiger partial charge in [0, 0.05) is 5.92 Å². The normalized spacial score (nSPS) is 52.2. The predicted molar refractivity (Wildman–Crippen MR) is 91.9 cm³/mol. The van der Waals surface area contributed by atoms with Crippen molar-refractivity contribution < 1.29 is 9.90 Å². The third kappa shape index (κ3) is 2.13. The molecule has 0 aromatic heterocycles. The zero-order valence-corrected chi connectivity index (χ0v) is 15.0. The van der Waals surface area contributed by atoms with Crippen LogP contribution >= 0.6 is 0 Å². The SMILES string of the molecule is CC(=O)[C@H]1CC[C@H]2[C@H]3CC=C4C[C@@H](O)CC[C@]4(C)[C@H]3CC[C@]12C. The standard InChI is InChI=1S/C21H32O2/c1-13(22)17-6-7-18-16-5-4-14-12-15(23)8-10-20(14,2)19(16)9-11-21(17,18)3/h4,15-19,23H,5-12H2,1-3H3/t15-,16+,17+,18-,19-,20-,21+/m0/s1. The zero-order valence-electron chi connectivity index (χ0n) is 15.0. The summed E-state index contributed by atoms with van der Waals surface area (Å²) in [5.41, 5.74) is 2.11. The van der Waals surface area contributed by atoms with Crippen LogP contribution in [-0.2, 0) is 4.79 Å². The Morgan fingerprint density at radius 1 is 1.13 bits per heavy atom. The lowest BCUT2D eigenvalue weighted by Crippen LogP contribution is -2.50. The molecule has 0 spiro atoms. The van der Waals surface area contributed by atoms with Crippen LogP contribution in [0.2, 0.25) is 0 Å². The molecular weight excluding hydrogens is 284 g/mol. The highest BCUT2D eigenvalue weighted by Crippen LogP contribution is 2.66. The Hall–Kier alpha value is -0.630. The summed E-state index contributed by atoms with van der Waals surface area (Å²) in [5, 5.41) is 10.1. The average Bonchev–Trinajstić information content (AvgIpc) is 2.85. The van der Waals surface area contributed by atoms with Gasteiger partial charge in [0.05, 0.1) is 6.10 Å². The maximum Gasteiger partial charge on any atom is 0.133 e. The van der Waals surface area contributed by atoms with E-state index in [4.69, 9.17) is 0 Å². The molecule has 4 aliphatic rings. The molecule has 0 saturated heterocycles. The van der Waals surface area contributed by atoms with E-state index in [2.05, 4.69) is 19.9 Å². The number of carbonyl (C=O) groups excluding carboxylic acids is 1. The molecule has 0 unspecified atom stereocenters. The molecule has 0 aromatic rings. The molecule has 0 amide bonds. The fourth-order valence-electron chi connectivity index (χ4n) is 7.31. The van der Waals surface area contributed by atoms with E-state index in [-0.39, 0.29) is 11.5 Å². The van der Waals surface area contributed by atoms with Crippen LogP contribution < -0.4 is 0 Å². The highest BCUT2D eigenvalue weighted by molar-refractivity contribution is 5.79. The first kappa shape index (κ1) is 15.9. The summed E-state index contributed by atoms with van der Waals surface area (Å²) in [6.07, 6.45) is 11.5. The number of hydrogen-bond acceptors (Lipinski definition) is 2. The maximum atomic E-state index is 12.2. The molecule has 4 aliphatic carbocycles. The van der Waals surface area contributed by atoms with Crippen molar-refractivity contribution in [1.82, 2.24) is 0 Å². The van der Waals surface area contributed by atoms with Gasteiger partial charge in [0.15, 0.2) is 0 Å². The van der Waals surface area contributed by atoms with E-state index in [1.165, 1.54) is 25.7 Å². The lowest BCUT2D eigenvalue weighted by Gasteiger charge is -2.57. The fraction of sp³-hybridized carbons (Fsp3) is 0.857. The van der Waals surface area contributed by atoms with Gasteiger partial charge in [0.1, 0.15) is 5.78 Å². The number of rotatable bonds is 1. The Kier molecular flexibility index (Phi) is 3.58. The monoisotopic (exact) mass is 316 g/mol. The summed E-state index contributed by atoms with van der Waals surface area (Å²) >= 11 is 0. The number of ketones is 1. The summed E-state index contributed by atoms with van der Waals surface area (Å²) in [7, 11) is 0. The van der Waals surface area contributed by atoms with Crippen LogP contribution in [0, 0.1) is 34.5 Å². The van der Waals surface area contributed by atoms with Crippen molar-refractivity contribution in [2.24, 2.45) is 34.5 Å². The van der Waals surface area contributed by atoms with E-state index < -0.39 is 0 Å². The third-order valence-electron chi connectivity index (χ3n) is 8.57. The second kappa shape index (κ2) is 5.18. The zero-order chi connectivity index (χ0) is 16.4. The lowest BCUT2D eigenvalue weighted by molar-refractivity contribution is -0.127. The van der Waals surface area contributed by atoms with Gasteiger partial charge in [-0.2, -0.15) is 0 Å². The van der Waals surface area contributed by atoms with E-state index in [1.54, 1.807) is 5.57 Å². The highest BCUT2D eigenvalue weighted by atomic mass is 16.3. The van der Waals surface area contributed by atoms with Crippen molar-refractivity contribution in [2.45, 2.75) is 78.2 Å².